The van der Waals surface area contributed by atoms with Crippen molar-refractivity contribution in [1.82, 2.24) is 5.32 Å². The molecule has 1 unspecified atom stereocenters. The molecule has 1 aromatic carbocycles. The lowest BCUT2D eigenvalue weighted by atomic mass is 10.0. The van der Waals surface area contributed by atoms with Crippen LogP contribution in [-0.4, -0.2) is 13.2 Å². The van der Waals surface area contributed by atoms with E-state index in [0.29, 0.717) is 0 Å². The molecule has 4 heteroatoms. The number of benzene rings is 1. The van der Waals surface area contributed by atoms with E-state index in [1.165, 1.54) is 0 Å². The van der Waals surface area contributed by atoms with Gasteiger partial charge < -0.3 is 10.1 Å². The van der Waals surface area contributed by atoms with Crippen LogP contribution in [0.2, 0.25) is 5.02 Å². The number of halogens is 2. The van der Waals surface area contributed by atoms with Crippen molar-refractivity contribution in [3.63, 3.8) is 0 Å². The van der Waals surface area contributed by atoms with Crippen LogP contribution in [0.5, 0.6) is 0 Å². The third-order valence-electron chi connectivity index (χ3n) is 2.93. The smallest absolute Gasteiger partial charge is 0.113 e. The van der Waals surface area contributed by atoms with Crippen molar-refractivity contribution in [1.29, 1.82) is 0 Å². The van der Waals surface area contributed by atoms with Gasteiger partial charge in [-0.1, -0.05) is 40.5 Å². The molecule has 1 atom stereocenters. The van der Waals surface area contributed by atoms with Gasteiger partial charge in [-0.2, -0.15) is 0 Å². The van der Waals surface area contributed by atoms with Crippen LogP contribution in [0.4, 0.5) is 0 Å². The van der Waals surface area contributed by atoms with E-state index in [-0.39, 0.29) is 6.04 Å². The van der Waals surface area contributed by atoms with Gasteiger partial charge in [-0.3, -0.25) is 0 Å². The predicted octanol–water partition coefficient (Wildman–Crippen LogP) is 4.45. The zero-order valence-corrected chi connectivity index (χ0v) is 12.7. The summed E-state index contributed by atoms with van der Waals surface area (Å²) in [4.78, 5) is 0. The van der Waals surface area contributed by atoms with Crippen LogP contribution in [-0.2, 0) is 4.74 Å². The summed E-state index contributed by atoms with van der Waals surface area (Å²) in [5.74, 6) is 0.993. The molecule has 0 fully saturated rings. The van der Waals surface area contributed by atoms with Crippen molar-refractivity contribution in [2.24, 2.45) is 0 Å². The maximum Gasteiger partial charge on any atom is 0.113 e. The molecular formula is C14H17BrClNO. The lowest BCUT2D eigenvalue weighted by Crippen LogP contribution is -2.25. The van der Waals surface area contributed by atoms with Gasteiger partial charge in [-0.25, -0.2) is 0 Å². The molecule has 0 spiro atoms. The van der Waals surface area contributed by atoms with Crippen LogP contribution in [0.15, 0.2) is 34.5 Å². The van der Waals surface area contributed by atoms with Crippen LogP contribution in [0.1, 0.15) is 31.4 Å². The molecule has 0 bridgehead atoms. The van der Waals surface area contributed by atoms with Crippen molar-refractivity contribution in [2.45, 2.75) is 25.8 Å². The summed E-state index contributed by atoms with van der Waals surface area (Å²) in [6.07, 6.45) is 4.33. The summed E-state index contributed by atoms with van der Waals surface area (Å²) < 4.78 is 6.75. The minimum absolute atomic E-state index is 0.0518. The number of rotatable bonds is 4. The van der Waals surface area contributed by atoms with Crippen molar-refractivity contribution >= 4 is 27.5 Å². The number of ether oxygens (including phenoxy) is 1. The summed E-state index contributed by atoms with van der Waals surface area (Å²) in [6, 6.07) is 6.02. The van der Waals surface area contributed by atoms with Gasteiger partial charge in [0.15, 0.2) is 0 Å². The molecule has 2 nitrogen and oxygen atoms in total. The van der Waals surface area contributed by atoms with Crippen LogP contribution < -0.4 is 5.32 Å². The Morgan fingerprint density at radius 2 is 2.33 bits per heavy atom. The summed E-state index contributed by atoms with van der Waals surface area (Å²) in [7, 11) is 0. The molecule has 1 heterocycles. The molecule has 1 aliphatic heterocycles. The topological polar surface area (TPSA) is 21.3 Å². The number of allylic oxidation sites excluding steroid dienone is 1. The molecule has 0 saturated heterocycles. The van der Waals surface area contributed by atoms with Crippen molar-refractivity contribution in [3.05, 3.63) is 45.1 Å². The average Bonchev–Trinajstić information content (AvgIpc) is 2.38. The monoisotopic (exact) mass is 329 g/mol. The number of hydrogen-bond acceptors (Lipinski definition) is 2. The molecule has 1 aliphatic rings. The zero-order valence-electron chi connectivity index (χ0n) is 10.4. The second-order valence-electron chi connectivity index (χ2n) is 4.25. The minimum atomic E-state index is 0.0518. The third kappa shape index (κ3) is 3.28. The molecule has 0 aromatic heterocycles. The average molecular weight is 331 g/mol. The summed E-state index contributed by atoms with van der Waals surface area (Å²) in [5.41, 5.74) is 1.06. The predicted molar refractivity (Wildman–Crippen MR) is 78.8 cm³/mol. The SMILES string of the molecule is CCNC(C1=CCCCO1)c1ccc(Br)cc1Cl. The van der Waals surface area contributed by atoms with Crippen LogP contribution >= 0.6 is 27.5 Å². The lowest BCUT2D eigenvalue weighted by molar-refractivity contribution is 0.168. The van der Waals surface area contributed by atoms with E-state index < -0.39 is 0 Å². The van der Waals surface area contributed by atoms with Crippen LogP contribution in [0, 0.1) is 0 Å². The van der Waals surface area contributed by atoms with Gasteiger partial charge in [-0.05, 0) is 43.2 Å². The first-order valence-corrected chi connectivity index (χ1v) is 7.40. The first-order valence-electron chi connectivity index (χ1n) is 6.23. The molecule has 1 aromatic rings. The Morgan fingerprint density at radius 3 is 2.94 bits per heavy atom. The highest BCUT2D eigenvalue weighted by atomic mass is 79.9. The zero-order chi connectivity index (χ0) is 13.0. The number of nitrogens with one attached hydrogen (secondary N) is 1. The molecule has 0 aliphatic carbocycles. The fourth-order valence-corrected chi connectivity index (χ4v) is 2.86. The molecule has 0 amide bonds. The van der Waals surface area contributed by atoms with Gasteiger partial charge in [0.2, 0.25) is 0 Å². The van der Waals surface area contributed by atoms with E-state index in [9.17, 15) is 0 Å². The van der Waals surface area contributed by atoms with Crippen molar-refractivity contribution < 1.29 is 4.74 Å². The van der Waals surface area contributed by atoms with E-state index >= 15 is 0 Å². The molecule has 18 heavy (non-hydrogen) atoms. The van der Waals surface area contributed by atoms with Gasteiger partial charge in [0.25, 0.3) is 0 Å². The molecule has 0 saturated carbocycles. The third-order valence-corrected chi connectivity index (χ3v) is 3.75. The Hall–Kier alpha value is -0.510. The van der Waals surface area contributed by atoms with Gasteiger partial charge in [0.1, 0.15) is 5.76 Å². The minimum Gasteiger partial charge on any atom is -0.496 e. The lowest BCUT2D eigenvalue weighted by Gasteiger charge is -2.25. The maximum absolute atomic E-state index is 6.33. The highest BCUT2D eigenvalue weighted by Crippen LogP contribution is 2.32. The Morgan fingerprint density at radius 1 is 1.50 bits per heavy atom. The summed E-state index contributed by atoms with van der Waals surface area (Å²) >= 11 is 9.76. The fourth-order valence-electron chi connectivity index (χ4n) is 2.08. The fraction of sp³-hybridized carbons (Fsp3) is 0.429. The highest BCUT2D eigenvalue weighted by molar-refractivity contribution is 9.10. The van der Waals surface area contributed by atoms with E-state index in [1.807, 2.05) is 18.2 Å². The largest absolute Gasteiger partial charge is 0.496 e. The van der Waals surface area contributed by atoms with Crippen LogP contribution in [0.25, 0.3) is 0 Å². The standard InChI is InChI=1S/C14H17BrClNO/c1-2-17-14(13-5-3-4-8-18-13)11-7-6-10(15)9-12(11)16/h5-7,9,14,17H,2-4,8H2,1H3. The van der Waals surface area contributed by atoms with Crippen LogP contribution in [0.3, 0.4) is 0 Å². The number of likely N-dealkylation sites (N-methyl/N-ethyl adjacent to an activating group) is 1. The highest BCUT2D eigenvalue weighted by Gasteiger charge is 2.21. The molecule has 2 rings (SSSR count). The first kappa shape index (κ1) is 13.9. The number of hydrogen-bond donors (Lipinski definition) is 1. The summed E-state index contributed by atoms with van der Waals surface area (Å²) in [5, 5.41) is 4.19. The van der Waals surface area contributed by atoms with E-state index in [2.05, 4.69) is 34.2 Å². The van der Waals surface area contributed by atoms with Gasteiger partial charge >= 0.3 is 0 Å². The molecular weight excluding hydrogens is 314 g/mol. The van der Waals surface area contributed by atoms with E-state index in [1.54, 1.807) is 0 Å². The first-order chi connectivity index (χ1) is 8.72. The molecule has 1 N–H and O–H groups in total. The van der Waals surface area contributed by atoms with Gasteiger partial charge in [0.05, 0.1) is 12.6 Å². The Balaban J connectivity index is 2.31. The summed E-state index contributed by atoms with van der Waals surface area (Å²) in [6.45, 7) is 3.75. The molecule has 0 radical (unpaired) electrons. The Kier molecular flexibility index (Phi) is 5.10. The second-order valence-corrected chi connectivity index (χ2v) is 5.58. The van der Waals surface area contributed by atoms with E-state index in [0.717, 1.165) is 46.8 Å². The normalized spacial score (nSPS) is 16.9. The maximum atomic E-state index is 6.33. The quantitative estimate of drug-likeness (QED) is 0.881. The van der Waals surface area contributed by atoms with Gasteiger partial charge in [-0.15, -0.1) is 0 Å². The second kappa shape index (κ2) is 6.60. The van der Waals surface area contributed by atoms with Gasteiger partial charge in [0, 0.05) is 9.50 Å². The van der Waals surface area contributed by atoms with Crippen molar-refractivity contribution in [3.8, 4) is 0 Å². The molecule has 98 valence electrons. The van der Waals surface area contributed by atoms with Crippen molar-refractivity contribution in [2.75, 3.05) is 13.2 Å². The Bertz CT molecular complexity index is 447. The Labute approximate surface area is 121 Å². The van der Waals surface area contributed by atoms with E-state index in [4.69, 9.17) is 16.3 Å².